The predicted octanol–water partition coefficient (Wildman–Crippen LogP) is 6.97. The average Bonchev–Trinajstić information content (AvgIpc) is 3.46. The maximum absolute atomic E-state index is 14.2. The third kappa shape index (κ3) is 4.58. The van der Waals surface area contributed by atoms with E-state index in [2.05, 4.69) is 6.07 Å². The second-order valence-electron chi connectivity index (χ2n) is 9.78. The first-order valence-electron chi connectivity index (χ1n) is 12.4. The average molecular weight is 522 g/mol. The van der Waals surface area contributed by atoms with Gasteiger partial charge in [0.15, 0.2) is 0 Å². The highest BCUT2D eigenvalue weighted by atomic mass is 19.4. The van der Waals surface area contributed by atoms with Crippen LogP contribution in [0.25, 0.3) is 11.1 Å². The number of hydrogen-bond donors (Lipinski definition) is 0. The molecule has 1 aliphatic heterocycles. The highest BCUT2D eigenvalue weighted by molar-refractivity contribution is 5.80. The number of rotatable bonds is 5. The fourth-order valence-corrected chi connectivity index (χ4v) is 5.68. The van der Waals surface area contributed by atoms with Gasteiger partial charge in [-0.3, -0.25) is 4.79 Å². The number of fused-ring (bicyclic) bond motifs is 2. The number of hydrogen-bond acceptors (Lipinski definition) is 5. The Hall–Kier alpha value is -3.99. The summed E-state index contributed by atoms with van der Waals surface area (Å²) in [6.07, 6.45) is -3.77. The van der Waals surface area contributed by atoms with Crippen molar-refractivity contribution in [2.75, 3.05) is 13.7 Å². The topological polar surface area (TPSA) is 68.6 Å². The van der Waals surface area contributed by atoms with Gasteiger partial charge in [-0.15, -0.1) is 0 Å². The van der Waals surface area contributed by atoms with Gasteiger partial charge >= 0.3 is 12.1 Å². The zero-order valence-corrected chi connectivity index (χ0v) is 21.2. The van der Waals surface area contributed by atoms with Crippen molar-refractivity contribution < 1.29 is 32.2 Å². The molecule has 38 heavy (non-hydrogen) atoms. The SMILES string of the molecule is COC(=O)C[C@@H]1COc2cc(O[C@@H]3CCc4c3ccc(C(F)(F)F)c4-c3c(C)cc(C#N)cc3C)ccc21. The van der Waals surface area contributed by atoms with Crippen LogP contribution in [-0.2, 0) is 22.1 Å². The molecule has 0 fully saturated rings. The minimum atomic E-state index is -4.53. The monoisotopic (exact) mass is 521 g/mol. The van der Waals surface area contributed by atoms with Crippen LogP contribution in [0.4, 0.5) is 13.2 Å². The number of nitrogens with zero attached hydrogens (tertiary/aromatic N) is 1. The molecule has 3 aromatic carbocycles. The van der Waals surface area contributed by atoms with E-state index in [0.717, 1.165) is 17.2 Å². The van der Waals surface area contributed by atoms with E-state index in [0.29, 0.717) is 58.8 Å². The van der Waals surface area contributed by atoms with Gasteiger partial charge in [0.2, 0.25) is 0 Å². The van der Waals surface area contributed by atoms with Gasteiger partial charge in [0.05, 0.1) is 37.3 Å². The number of methoxy groups -OCH3 is 1. The third-order valence-corrected chi connectivity index (χ3v) is 7.35. The lowest BCUT2D eigenvalue weighted by molar-refractivity contribution is -0.141. The molecule has 0 aromatic heterocycles. The van der Waals surface area contributed by atoms with E-state index in [-0.39, 0.29) is 23.9 Å². The molecule has 8 heteroatoms. The summed E-state index contributed by atoms with van der Waals surface area (Å²) in [5, 5.41) is 9.31. The fourth-order valence-electron chi connectivity index (χ4n) is 5.68. The molecule has 3 aromatic rings. The predicted molar refractivity (Wildman–Crippen MR) is 134 cm³/mol. The Balaban J connectivity index is 1.50. The van der Waals surface area contributed by atoms with Crippen LogP contribution >= 0.6 is 0 Å². The lowest BCUT2D eigenvalue weighted by Crippen LogP contribution is -2.11. The molecule has 2 atom stereocenters. The van der Waals surface area contributed by atoms with Gasteiger partial charge in [0, 0.05) is 17.5 Å². The highest BCUT2D eigenvalue weighted by Crippen LogP contribution is 2.48. The Kier molecular flexibility index (Phi) is 6.56. The summed E-state index contributed by atoms with van der Waals surface area (Å²) in [6.45, 7) is 3.85. The lowest BCUT2D eigenvalue weighted by atomic mass is 9.86. The smallest absolute Gasteiger partial charge is 0.417 e. The molecule has 0 N–H and O–H groups in total. The van der Waals surface area contributed by atoms with Gasteiger partial charge in [0.1, 0.15) is 17.6 Å². The summed E-state index contributed by atoms with van der Waals surface area (Å²) in [5.41, 5.74) is 3.91. The molecule has 196 valence electrons. The van der Waals surface area contributed by atoms with Gasteiger partial charge < -0.3 is 14.2 Å². The second kappa shape index (κ2) is 9.71. The molecule has 1 aliphatic carbocycles. The zero-order valence-electron chi connectivity index (χ0n) is 21.2. The van der Waals surface area contributed by atoms with Crippen LogP contribution in [0.2, 0.25) is 0 Å². The van der Waals surface area contributed by atoms with Crippen LogP contribution in [0.15, 0.2) is 42.5 Å². The van der Waals surface area contributed by atoms with Crippen LogP contribution in [0.3, 0.4) is 0 Å². The molecule has 5 rings (SSSR count). The Morgan fingerprint density at radius 2 is 1.79 bits per heavy atom. The van der Waals surface area contributed by atoms with E-state index in [4.69, 9.17) is 14.2 Å². The Morgan fingerprint density at radius 3 is 2.45 bits per heavy atom. The van der Waals surface area contributed by atoms with Gasteiger partial charge in [-0.2, -0.15) is 18.4 Å². The fraction of sp³-hybridized carbons (Fsp3) is 0.333. The van der Waals surface area contributed by atoms with Crippen molar-refractivity contribution in [1.82, 2.24) is 0 Å². The number of benzene rings is 3. The summed E-state index contributed by atoms with van der Waals surface area (Å²) in [6, 6.07) is 13.4. The van der Waals surface area contributed by atoms with E-state index < -0.39 is 17.8 Å². The molecular weight excluding hydrogens is 495 g/mol. The van der Waals surface area contributed by atoms with Crippen molar-refractivity contribution in [1.29, 1.82) is 5.26 Å². The van der Waals surface area contributed by atoms with E-state index in [1.165, 1.54) is 13.2 Å². The van der Waals surface area contributed by atoms with E-state index in [1.54, 1.807) is 38.1 Å². The van der Waals surface area contributed by atoms with Crippen molar-refractivity contribution in [3.63, 3.8) is 0 Å². The van der Waals surface area contributed by atoms with E-state index >= 15 is 0 Å². The number of nitriles is 1. The number of aryl methyl sites for hydroxylation is 2. The number of halogens is 3. The molecule has 5 nitrogen and oxygen atoms in total. The van der Waals surface area contributed by atoms with Gasteiger partial charge in [-0.25, -0.2) is 0 Å². The number of alkyl halides is 3. The number of carbonyl (C=O) groups is 1. The Morgan fingerprint density at radius 1 is 1.08 bits per heavy atom. The molecule has 0 spiro atoms. The van der Waals surface area contributed by atoms with Gasteiger partial charge in [-0.1, -0.05) is 12.1 Å². The van der Waals surface area contributed by atoms with Crippen molar-refractivity contribution in [3.05, 3.63) is 81.4 Å². The zero-order chi connectivity index (χ0) is 27.2. The highest BCUT2D eigenvalue weighted by Gasteiger charge is 2.39. The number of esters is 1. The summed E-state index contributed by atoms with van der Waals surface area (Å²) in [7, 11) is 1.35. The summed E-state index contributed by atoms with van der Waals surface area (Å²) in [5.74, 6) is 0.774. The summed E-state index contributed by atoms with van der Waals surface area (Å²) in [4.78, 5) is 11.7. The first-order chi connectivity index (χ1) is 18.1. The van der Waals surface area contributed by atoms with E-state index in [1.807, 2.05) is 6.07 Å². The molecule has 0 radical (unpaired) electrons. The first-order valence-corrected chi connectivity index (χ1v) is 12.4. The molecular formula is C30H26F3NO4. The molecule has 0 unspecified atom stereocenters. The molecule has 0 saturated carbocycles. The quantitative estimate of drug-likeness (QED) is 0.339. The third-order valence-electron chi connectivity index (χ3n) is 7.35. The van der Waals surface area contributed by atoms with Crippen LogP contribution in [-0.4, -0.2) is 19.7 Å². The largest absolute Gasteiger partial charge is 0.492 e. The number of ether oxygens (including phenoxy) is 3. The molecule has 0 bridgehead atoms. The number of carbonyl (C=O) groups excluding carboxylic acids is 1. The molecule has 1 heterocycles. The van der Waals surface area contributed by atoms with Gasteiger partial charge in [0.25, 0.3) is 0 Å². The van der Waals surface area contributed by atoms with Crippen LogP contribution < -0.4 is 9.47 Å². The first kappa shape index (κ1) is 25.7. The van der Waals surface area contributed by atoms with Crippen LogP contribution in [0.1, 0.15) is 63.8 Å². The van der Waals surface area contributed by atoms with Crippen LogP contribution in [0.5, 0.6) is 11.5 Å². The Bertz CT molecular complexity index is 1450. The normalized spacial score (nSPS) is 17.8. The molecule has 2 aliphatic rings. The standard InChI is InChI=1S/C30H26F3NO4/c1-16-10-18(14-34)11-17(2)28(16)29-23-7-9-25(22(23)6-8-24(29)30(31,32)33)38-20-4-5-21-19(12-27(35)36-3)15-37-26(21)13-20/h4-6,8,10-11,13,19,25H,7,9,12,15H2,1-3H3/t19-,25-/m1/s1. The minimum Gasteiger partial charge on any atom is -0.492 e. The van der Waals surface area contributed by atoms with Crippen molar-refractivity contribution >= 4 is 5.97 Å². The maximum Gasteiger partial charge on any atom is 0.417 e. The van der Waals surface area contributed by atoms with Gasteiger partial charge in [-0.05, 0) is 84.3 Å². The van der Waals surface area contributed by atoms with Crippen molar-refractivity contribution in [2.24, 2.45) is 0 Å². The van der Waals surface area contributed by atoms with Crippen LogP contribution in [0, 0.1) is 25.2 Å². The Labute approximate surface area is 218 Å². The van der Waals surface area contributed by atoms with Crippen molar-refractivity contribution in [3.8, 4) is 28.7 Å². The maximum atomic E-state index is 14.2. The lowest BCUT2D eigenvalue weighted by Gasteiger charge is -2.22. The van der Waals surface area contributed by atoms with E-state index in [9.17, 15) is 23.2 Å². The molecule has 0 saturated heterocycles. The van der Waals surface area contributed by atoms with Crippen molar-refractivity contribution in [2.45, 2.75) is 51.3 Å². The summed E-state index contributed by atoms with van der Waals surface area (Å²) >= 11 is 0. The second-order valence-corrected chi connectivity index (χ2v) is 9.78. The molecule has 0 amide bonds. The summed E-state index contributed by atoms with van der Waals surface area (Å²) < 4.78 is 59.4. The minimum absolute atomic E-state index is 0.0963.